The first-order chi connectivity index (χ1) is 11.1. The van der Waals surface area contributed by atoms with E-state index >= 15 is 0 Å². The van der Waals surface area contributed by atoms with Crippen LogP contribution in [0.1, 0.15) is 46.5 Å². The first kappa shape index (κ1) is 18.7. The minimum atomic E-state index is -0.815. The van der Waals surface area contributed by atoms with Crippen LogP contribution in [0.4, 0.5) is 4.79 Å². The van der Waals surface area contributed by atoms with Gasteiger partial charge in [0.05, 0.1) is 0 Å². The average Bonchev–Trinajstić information content (AvgIpc) is 2.75. The zero-order valence-corrected chi connectivity index (χ0v) is 15.2. The number of rotatable bonds is 5. The molecule has 1 aliphatic heterocycles. The van der Waals surface area contributed by atoms with Crippen LogP contribution < -0.4 is 11.1 Å². The molecule has 2 atom stereocenters. The highest BCUT2D eigenvalue weighted by molar-refractivity contribution is 6.09. The maximum atomic E-state index is 12.9. The van der Waals surface area contributed by atoms with E-state index in [4.69, 9.17) is 5.73 Å². The molecule has 0 bridgehead atoms. The van der Waals surface area contributed by atoms with Gasteiger partial charge in [-0.05, 0) is 30.7 Å². The van der Waals surface area contributed by atoms with Crippen LogP contribution in [-0.4, -0.2) is 59.9 Å². The smallest absolute Gasteiger partial charge is 0.325 e. The van der Waals surface area contributed by atoms with E-state index in [9.17, 15) is 14.4 Å². The summed E-state index contributed by atoms with van der Waals surface area (Å²) in [5, 5.41) is 2.87. The summed E-state index contributed by atoms with van der Waals surface area (Å²) in [5.74, 6) is -0.406. The first-order valence-corrected chi connectivity index (χ1v) is 8.71. The van der Waals surface area contributed by atoms with Gasteiger partial charge in [0.1, 0.15) is 12.1 Å². The van der Waals surface area contributed by atoms with E-state index in [1.807, 2.05) is 20.8 Å². The summed E-state index contributed by atoms with van der Waals surface area (Å²) in [6, 6.07) is -0.450. The van der Waals surface area contributed by atoms with Crippen LogP contribution in [-0.2, 0) is 9.59 Å². The van der Waals surface area contributed by atoms with E-state index in [2.05, 4.69) is 5.32 Å². The number of likely N-dealkylation sites (N-methyl/N-ethyl adjacent to an activating group) is 1. The molecule has 7 nitrogen and oxygen atoms in total. The lowest BCUT2D eigenvalue weighted by Crippen LogP contribution is -2.54. The van der Waals surface area contributed by atoms with E-state index in [1.54, 1.807) is 11.9 Å². The maximum absolute atomic E-state index is 12.9. The van der Waals surface area contributed by atoms with Gasteiger partial charge in [-0.15, -0.1) is 0 Å². The van der Waals surface area contributed by atoms with Crippen LogP contribution in [0.2, 0.25) is 0 Å². The molecule has 2 aliphatic rings. The van der Waals surface area contributed by atoms with Gasteiger partial charge in [-0.1, -0.05) is 33.6 Å². The third-order valence-electron chi connectivity index (χ3n) is 5.44. The van der Waals surface area contributed by atoms with Crippen molar-refractivity contribution in [3.8, 4) is 0 Å². The van der Waals surface area contributed by atoms with Crippen molar-refractivity contribution < 1.29 is 14.4 Å². The number of imide groups is 1. The molecule has 4 amide bonds. The van der Waals surface area contributed by atoms with Crippen molar-refractivity contribution in [3.63, 3.8) is 0 Å². The number of carbonyl (C=O) groups excluding carboxylic acids is 3. The Balaban J connectivity index is 2.06. The van der Waals surface area contributed by atoms with Crippen LogP contribution in [0.5, 0.6) is 0 Å². The second-order valence-corrected chi connectivity index (χ2v) is 8.06. The molecule has 2 unspecified atom stereocenters. The number of hydrogen-bond donors (Lipinski definition) is 2. The molecule has 1 heterocycles. The van der Waals surface area contributed by atoms with Crippen LogP contribution in [0, 0.1) is 11.3 Å². The molecular weight excluding hydrogens is 308 g/mol. The Labute approximate surface area is 143 Å². The predicted molar refractivity (Wildman–Crippen MR) is 91.1 cm³/mol. The van der Waals surface area contributed by atoms with E-state index in [1.165, 1.54) is 0 Å². The predicted octanol–water partition coefficient (Wildman–Crippen LogP) is 0.930. The molecule has 7 heteroatoms. The Morgan fingerprint density at radius 3 is 2.67 bits per heavy atom. The number of amides is 4. The summed E-state index contributed by atoms with van der Waals surface area (Å²) in [5.41, 5.74) is 4.68. The summed E-state index contributed by atoms with van der Waals surface area (Å²) < 4.78 is 0. The number of nitrogens with two attached hydrogens (primary N) is 1. The van der Waals surface area contributed by atoms with Crippen molar-refractivity contribution in [3.05, 3.63) is 0 Å². The van der Waals surface area contributed by atoms with Gasteiger partial charge in [-0.2, -0.15) is 0 Å². The van der Waals surface area contributed by atoms with Gasteiger partial charge in [0.15, 0.2) is 0 Å². The molecule has 0 aromatic heterocycles. The van der Waals surface area contributed by atoms with E-state index in [0.29, 0.717) is 19.5 Å². The zero-order chi connectivity index (χ0) is 18.1. The Kier molecular flexibility index (Phi) is 5.22. The van der Waals surface area contributed by atoms with E-state index in [-0.39, 0.29) is 29.7 Å². The summed E-state index contributed by atoms with van der Waals surface area (Å²) in [6.07, 6.45) is 3.56. The lowest BCUT2D eigenvalue weighted by atomic mass is 9.73. The fraction of sp³-hybridized carbons (Fsp3) is 0.824. The van der Waals surface area contributed by atoms with Crippen molar-refractivity contribution in [2.75, 3.05) is 26.7 Å². The highest BCUT2D eigenvalue weighted by Gasteiger charge is 2.55. The number of nitrogens with one attached hydrogen (secondary N) is 1. The van der Waals surface area contributed by atoms with Gasteiger partial charge in [0.25, 0.3) is 5.91 Å². The van der Waals surface area contributed by atoms with Gasteiger partial charge in [0.2, 0.25) is 5.91 Å². The minimum absolute atomic E-state index is 0.0942. The van der Waals surface area contributed by atoms with Crippen molar-refractivity contribution in [1.29, 1.82) is 0 Å². The Hall–Kier alpha value is -1.63. The lowest BCUT2D eigenvalue weighted by molar-refractivity contribution is -0.140. The summed E-state index contributed by atoms with van der Waals surface area (Å²) in [4.78, 5) is 40.2. The molecule has 2 fully saturated rings. The summed E-state index contributed by atoms with van der Waals surface area (Å²) in [7, 11) is 1.68. The highest BCUT2D eigenvalue weighted by Crippen LogP contribution is 2.38. The molecule has 0 aromatic rings. The zero-order valence-electron chi connectivity index (χ0n) is 15.2. The summed E-state index contributed by atoms with van der Waals surface area (Å²) >= 11 is 0. The molecule has 0 aromatic carbocycles. The van der Waals surface area contributed by atoms with E-state index < -0.39 is 11.6 Å². The van der Waals surface area contributed by atoms with Gasteiger partial charge < -0.3 is 16.0 Å². The quantitative estimate of drug-likeness (QED) is 0.729. The molecule has 1 spiro atoms. The average molecular weight is 338 g/mol. The second kappa shape index (κ2) is 6.70. The molecule has 24 heavy (non-hydrogen) atoms. The molecule has 1 aliphatic carbocycles. The molecule has 1 saturated heterocycles. The Morgan fingerprint density at radius 2 is 2.08 bits per heavy atom. The molecule has 3 N–H and O–H groups in total. The van der Waals surface area contributed by atoms with Gasteiger partial charge in [0, 0.05) is 13.6 Å². The van der Waals surface area contributed by atoms with Crippen molar-refractivity contribution in [1.82, 2.24) is 15.1 Å². The second-order valence-electron chi connectivity index (χ2n) is 8.06. The first-order valence-electron chi connectivity index (χ1n) is 8.71. The highest BCUT2D eigenvalue weighted by atomic mass is 16.2. The van der Waals surface area contributed by atoms with Gasteiger partial charge in [-0.3, -0.25) is 14.5 Å². The fourth-order valence-corrected chi connectivity index (χ4v) is 3.69. The lowest BCUT2D eigenvalue weighted by Gasteiger charge is -2.37. The number of hydrogen-bond acceptors (Lipinski definition) is 4. The standard InChI is InChI=1S/C17H30N4O3/c1-12-7-5-6-8-17(12)14(23)21(15(24)19-17)9-13(22)20(4)11-16(2,3)10-18/h12H,5-11,18H2,1-4H3,(H,19,24). The molecule has 136 valence electrons. The molecular formula is C17H30N4O3. The molecule has 0 radical (unpaired) electrons. The maximum Gasteiger partial charge on any atom is 0.325 e. The fourth-order valence-electron chi connectivity index (χ4n) is 3.69. The van der Waals surface area contributed by atoms with Crippen LogP contribution >= 0.6 is 0 Å². The number of urea groups is 1. The minimum Gasteiger partial charge on any atom is -0.344 e. The Morgan fingerprint density at radius 1 is 1.42 bits per heavy atom. The third kappa shape index (κ3) is 3.41. The number of carbonyl (C=O) groups is 3. The monoisotopic (exact) mass is 338 g/mol. The van der Waals surface area contributed by atoms with Crippen LogP contribution in [0.15, 0.2) is 0 Å². The van der Waals surface area contributed by atoms with E-state index in [0.717, 1.165) is 24.2 Å². The largest absolute Gasteiger partial charge is 0.344 e. The SMILES string of the molecule is CC1CCCCC12NC(=O)N(CC(=O)N(C)CC(C)(C)CN)C2=O. The molecule has 2 rings (SSSR count). The third-order valence-corrected chi connectivity index (χ3v) is 5.44. The van der Waals surface area contributed by atoms with Crippen molar-refractivity contribution >= 4 is 17.8 Å². The van der Waals surface area contributed by atoms with Gasteiger partial charge >= 0.3 is 6.03 Å². The van der Waals surface area contributed by atoms with Crippen LogP contribution in [0.25, 0.3) is 0 Å². The summed E-state index contributed by atoms with van der Waals surface area (Å²) in [6.45, 7) is 6.67. The Bertz CT molecular complexity index is 534. The van der Waals surface area contributed by atoms with Crippen molar-refractivity contribution in [2.24, 2.45) is 17.1 Å². The van der Waals surface area contributed by atoms with Crippen LogP contribution in [0.3, 0.4) is 0 Å². The normalized spacial score (nSPS) is 27.5. The van der Waals surface area contributed by atoms with Crippen molar-refractivity contribution in [2.45, 2.75) is 52.0 Å². The topological polar surface area (TPSA) is 95.7 Å². The number of nitrogens with zero attached hydrogens (tertiary/aromatic N) is 2. The molecule has 1 saturated carbocycles. The van der Waals surface area contributed by atoms with Gasteiger partial charge in [-0.25, -0.2) is 4.79 Å².